The molecule has 1 aliphatic heterocycles. The van der Waals surface area contributed by atoms with E-state index in [-0.39, 0.29) is 5.91 Å². The molecule has 1 N–H and O–H groups in total. The molecule has 2 aromatic rings. The van der Waals surface area contributed by atoms with Gasteiger partial charge in [-0.05, 0) is 31.4 Å². The summed E-state index contributed by atoms with van der Waals surface area (Å²) < 4.78 is 1.82. The summed E-state index contributed by atoms with van der Waals surface area (Å²) in [6, 6.07) is 3.94. The van der Waals surface area contributed by atoms with Gasteiger partial charge in [0.15, 0.2) is 0 Å². The summed E-state index contributed by atoms with van der Waals surface area (Å²) in [4.78, 5) is 14.7. The van der Waals surface area contributed by atoms with Crippen LogP contribution in [-0.2, 0) is 6.54 Å². The monoisotopic (exact) mass is 301 g/mol. The van der Waals surface area contributed by atoms with E-state index in [1.807, 2.05) is 28.6 Å². The Kier molecular flexibility index (Phi) is 4.00. The van der Waals surface area contributed by atoms with Gasteiger partial charge in [0.25, 0.3) is 5.91 Å². The molecule has 1 amide bonds. The van der Waals surface area contributed by atoms with Gasteiger partial charge in [0.05, 0.1) is 5.69 Å². The van der Waals surface area contributed by atoms with Crippen LogP contribution in [0.25, 0.3) is 0 Å². The molecule has 6 heteroatoms. The van der Waals surface area contributed by atoms with Crippen molar-refractivity contribution >= 4 is 5.91 Å². The van der Waals surface area contributed by atoms with Crippen LogP contribution in [0.4, 0.5) is 0 Å². The molecular weight excluding hydrogens is 278 g/mol. The predicted octanol–water partition coefficient (Wildman–Crippen LogP) is 2.38. The molecule has 0 bridgehead atoms. The predicted molar refractivity (Wildman–Crippen MR) is 83.8 cm³/mol. The molecule has 1 saturated heterocycles. The summed E-state index contributed by atoms with van der Waals surface area (Å²) in [6.45, 7) is 8.46. The number of hydrogen-bond donors (Lipinski definition) is 1. The average molecular weight is 301 g/mol. The highest BCUT2D eigenvalue weighted by atomic mass is 16.2. The zero-order valence-corrected chi connectivity index (χ0v) is 13.4. The van der Waals surface area contributed by atoms with E-state index >= 15 is 0 Å². The van der Waals surface area contributed by atoms with Gasteiger partial charge in [0.1, 0.15) is 5.69 Å². The first-order chi connectivity index (χ1) is 10.6. The number of amides is 1. The number of hydrogen-bond acceptors (Lipinski definition) is 3. The molecule has 6 nitrogen and oxygen atoms in total. The molecule has 0 spiro atoms. The molecule has 1 atom stereocenters. The molecule has 0 aliphatic carbocycles. The SMILES string of the molecule is CCn1nc(C(C)C)cc1C(=O)N1CCC(c2ccn[nH]2)C1. The van der Waals surface area contributed by atoms with Crippen LogP contribution >= 0.6 is 0 Å². The van der Waals surface area contributed by atoms with E-state index in [9.17, 15) is 4.79 Å². The molecule has 1 fully saturated rings. The third-order valence-electron chi connectivity index (χ3n) is 4.35. The van der Waals surface area contributed by atoms with Crippen LogP contribution in [-0.4, -0.2) is 43.9 Å². The van der Waals surface area contributed by atoms with Gasteiger partial charge in [-0.15, -0.1) is 0 Å². The van der Waals surface area contributed by atoms with Gasteiger partial charge in [-0.2, -0.15) is 10.2 Å². The molecule has 1 unspecified atom stereocenters. The molecule has 2 aromatic heterocycles. The Morgan fingerprint density at radius 2 is 2.32 bits per heavy atom. The summed E-state index contributed by atoms with van der Waals surface area (Å²) >= 11 is 0. The second-order valence-electron chi connectivity index (χ2n) is 6.17. The number of carbonyl (C=O) groups is 1. The molecule has 0 saturated carbocycles. The van der Waals surface area contributed by atoms with Gasteiger partial charge in [0.2, 0.25) is 0 Å². The van der Waals surface area contributed by atoms with E-state index < -0.39 is 0 Å². The minimum Gasteiger partial charge on any atom is -0.337 e. The third-order valence-corrected chi connectivity index (χ3v) is 4.35. The van der Waals surface area contributed by atoms with E-state index in [1.165, 1.54) is 0 Å². The van der Waals surface area contributed by atoms with Crippen molar-refractivity contribution in [1.82, 2.24) is 24.9 Å². The Balaban J connectivity index is 1.77. The molecule has 118 valence electrons. The lowest BCUT2D eigenvalue weighted by Crippen LogP contribution is -2.30. The van der Waals surface area contributed by atoms with Crippen LogP contribution in [0.1, 0.15) is 60.9 Å². The lowest BCUT2D eigenvalue weighted by molar-refractivity contribution is 0.0778. The fourth-order valence-electron chi connectivity index (χ4n) is 2.99. The van der Waals surface area contributed by atoms with E-state index in [1.54, 1.807) is 6.20 Å². The first kappa shape index (κ1) is 14.8. The van der Waals surface area contributed by atoms with Gasteiger partial charge in [0, 0.05) is 37.4 Å². The molecule has 22 heavy (non-hydrogen) atoms. The Hall–Kier alpha value is -2.11. The maximum absolute atomic E-state index is 12.8. The summed E-state index contributed by atoms with van der Waals surface area (Å²) in [5.74, 6) is 0.771. The van der Waals surface area contributed by atoms with Crippen molar-refractivity contribution in [2.24, 2.45) is 0 Å². The standard InChI is InChI=1S/C16H23N5O/c1-4-21-15(9-14(19-21)11(2)3)16(22)20-8-6-12(10-20)13-5-7-17-18-13/h5,7,9,11-12H,4,6,8,10H2,1-3H3,(H,17,18). The minimum atomic E-state index is 0.0864. The van der Waals surface area contributed by atoms with Crippen LogP contribution in [0, 0.1) is 0 Å². The molecule has 3 heterocycles. The van der Waals surface area contributed by atoms with Crippen molar-refractivity contribution in [2.75, 3.05) is 13.1 Å². The highest BCUT2D eigenvalue weighted by molar-refractivity contribution is 5.93. The highest BCUT2D eigenvalue weighted by Crippen LogP contribution is 2.27. The second-order valence-corrected chi connectivity index (χ2v) is 6.17. The van der Waals surface area contributed by atoms with Gasteiger partial charge < -0.3 is 4.90 Å². The zero-order valence-electron chi connectivity index (χ0n) is 13.4. The van der Waals surface area contributed by atoms with E-state index in [2.05, 4.69) is 29.1 Å². The van der Waals surface area contributed by atoms with Gasteiger partial charge in [-0.1, -0.05) is 13.8 Å². The number of rotatable bonds is 4. The van der Waals surface area contributed by atoms with Crippen molar-refractivity contribution in [3.8, 4) is 0 Å². The number of aryl methyl sites for hydroxylation is 1. The van der Waals surface area contributed by atoms with Gasteiger partial charge >= 0.3 is 0 Å². The molecule has 0 radical (unpaired) electrons. The summed E-state index contributed by atoms with van der Waals surface area (Å²) in [7, 11) is 0. The lowest BCUT2D eigenvalue weighted by Gasteiger charge is -2.16. The largest absolute Gasteiger partial charge is 0.337 e. The Morgan fingerprint density at radius 1 is 1.50 bits per heavy atom. The van der Waals surface area contributed by atoms with Crippen molar-refractivity contribution in [3.05, 3.63) is 35.4 Å². The summed E-state index contributed by atoms with van der Waals surface area (Å²) in [5.41, 5.74) is 2.80. The van der Waals surface area contributed by atoms with Crippen molar-refractivity contribution < 1.29 is 4.79 Å². The second kappa shape index (κ2) is 5.94. The molecule has 1 aliphatic rings. The number of nitrogens with zero attached hydrogens (tertiary/aromatic N) is 4. The number of H-pyrrole nitrogens is 1. The normalized spacial score (nSPS) is 18.4. The van der Waals surface area contributed by atoms with Crippen molar-refractivity contribution in [2.45, 2.75) is 45.6 Å². The minimum absolute atomic E-state index is 0.0864. The average Bonchev–Trinajstić information content (AvgIpc) is 3.23. The van der Waals surface area contributed by atoms with Crippen LogP contribution < -0.4 is 0 Å². The number of nitrogens with one attached hydrogen (secondary N) is 1. The van der Waals surface area contributed by atoms with E-state index in [0.717, 1.165) is 30.9 Å². The van der Waals surface area contributed by atoms with Crippen molar-refractivity contribution in [3.63, 3.8) is 0 Å². The Bertz CT molecular complexity index is 644. The van der Waals surface area contributed by atoms with Gasteiger partial charge in [-0.25, -0.2) is 0 Å². The lowest BCUT2D eigenvalue weighted by atomic mass is 10.1. The van der Waals surface area contributed by atoms with Gasteiger partial charge in [-0.3, -0.25) is 14.6 Å². The smallest absolute Gasteiger partial charge is 0.272 e. The number of aromatic amines is 1. The Labute approximate surface area is 130 Å². The summed E-state index contributed by atoms with van der Waals surface area (Å²) in [6.07, 6.45) is 2.74. The number of carbonyl (C=O) groups excluding carboxylic acids is 1. The van der Waals surface area contributed by atoms with E-state index in [4.69, 9.17) is 0 Å². The molecular formula is C16H23N5O. The highest BCUT2D eigenvalue weighted by Gasteiger charge is 2.30. The molecule has 3 rings (SSSR count). The van der Waals surface area contributed by atoms with Crippen LogP contribution in [0.2, 0.25) is 0 Å². The fourth-order valence-corrected chi connectivity index (χ4v) is 2.99. The third kappa shape index (κ3) is 2.65. The van der Waals surface area contributed by atoms with Crippen LogP contribution in [0.5, 0.6) is 0 Å². The number of likely N-dealkylation sites (tertiary alicyclic amines) is 1. The topological polar surface area (TPSA) is 66.8 Å². The van der Waals surface area contributed by atoms with Crippen molar-refractivity contribution in [1.29, 1.82) is 0 Å². The van der Waals surface area contributed by atoms with E-state index in [0.29, 0.717) is 24.1 Å². The maximum atomic E-state index is 12.8. The zero-order chi connectivity index (χ0) is 15.7. The van der Waals surface area contributed by atoms with Crippen LogP contribution in [0.3, 0.4) is 0 Å². The number of aromatic nitrogens is 4. The molecule has 0 aromatic carbocycles. The maximum Gasteiger partial charge on any atom is 0.272 e. The quantitative estimate of drug-likeness (QED) is 0.943. The van der Waals surface area contributed by atoms with Crippen LogP contribution in [0.15, 0.2) is 18.3 Å². The first-order valence-corrected chi connectivity index (χ1v) is 7.96. The summed E-state index contributed by atoms with van der Waals surface area (Å²) in [5, 5.41) is 11.6. The Morgan fingerprint density at radius 3 is 2.95 bits per heavy atom. The fraction of sp³-hybridized carbons (Fsp3) is 0.562. The first-order valence-electron chi connectivity index (χ1n) is 7.96.